The van der Waals surface area contributed by atoms with Crippen molar-refractivity contribution in [2.24, 2.45) is 11.1 Å². The van der Waals surface area contributed by atoms with Crippen LogP contribution in [-0.4, -0.2) is 79.3 Å². The molecule has 1 aliphatic rings. The number of carboxylic acid groups (broad SMARTS) is 1. The van der Waals surface area contributed by atoms with Gasteiger partial charge in [-0.3, -0.25) is 14.5 Å². The Hall–Kier alpha value is -3.47. The van der Waals surface area contributed by atoms with E-state index in [0.29, 0.717) is 30.1 Å². The summed E-state index contributed by atoms with van der Waals surface area (Å²) in [5.74, 6) is -1.64. The molecule has 2 aromatic carbocycles. The maximum Gasteiger partial charge on any atom is 0.326 e. The number of hydrogen-bond donors (Lipinski definition) is 2. The number of amides is 2. The Morgan fingerprint density at radius 3 is 2.17 bits per heavy atom. The molecule has 10 nitrogen and oxygen atoms in total. The quantitative estimate of drug-likeness (QED) is 0.313. The predicted octanol–water partition coefficient (Wildman–Crippen LogP) is 3.62. The van der Waals surface area contributed by atoms with Crippen molar-refractivity contribution in [3.63, 3.8) is 0 Å². The minimum atomic E-state index is -1.20. The summed E-state index contributed by atoms with van der Waals surface area (Å²) in [5, 5.41) is 10.0. The van der Waals surface area contributed by atoms with E-state index >= 15 is 0 Å². The number of carboxylic acids is 1. The van der Waals surface area contributed by atoms with E-state index in [1.54, 1.807) is 26.4 Å². The largest absolute Gasteiger partial charge is 0.489 e. The van der Waals surface area contributed by atoms with Gasteiger partial charge in [0.25, 0.3) is 5.91 Å². The Morgan fingerprint density at radius 1 is 1.02 bits per heavy atom. The van der Waals surface area contributed by atoms with E-state index in [2.05, 4.69) is 17.0 Å². The SMILES string of the molecule is COCCN(CCOC)Cc1ccc(COc2cccc3c2C(C(C)(C)C)N(C(CCC(N)=O)C(=O)O)C3=O)cc1. The highest BCUT2D eigenvalue weighted by Crippen LogP contribution is 2.50. The number of carbonyl (C=O) groups is 3. The van der Waals surface area contributed by atoms with Crippen LogP contribution in [0.3, 0.4) is 0 Å². The zero-order valence-corrected chi connectivity index (χ0v) is 24.7. The molecule has 0 saturated carbocycles. The zero-order chi connectivity index (χ0) is 30.2. The van der Waals surface area contributed by atoms with Gasteiger partial charge >= 0.3 is 5.97 Å². The first-order chi connectivity index (χ1) is 19.5. The normalized spacial score (nSPS) is 15.7. The van der Waals surface area contributed by atoms with E-state index in [1.807, 2.05) is 39.0 Å². The van der Waals surface area contributed by atoms with Crippen LogP contribution in [0.4, 0.5) is 0 Å². The topological polar surface area (TPSA) is 132 Å². The molecule has 2 atom stereocenters. The third kappa shape index (κ3) is 8.28. The van der Waals surface area contributed by atoms with Crippen molar-refractivity contribution in [2.45, 2.75) is 58.8 Å². The number of benzene rings is 2. The summed E-state index contributed by atoms with van der Waals surface area (Å²) in [5.41, 5.74) is 7.99. The second kappa shape index (κ2) is 14.4. The summed E-state index contributed by atoms with van der Waals surface area (Å²) in [4.78, 5) is 41.0. The van der Waals surface area contributed by atoms with Crippen molar-refractivity contribution in [1.29, 1.82) is 0 Å². The Bertz CT molecular complexity index is 1190. The number of aliphatic carboxylic acids is 1. The summed E-state index contributed by atoms with van der Waals surface area (Å²) in [6.07, 6.45) is -0.197. The van der Waals surface area contributed by atoms with Gasteiger partial charge in [0.05, 0.1) is 19.3 Å². The van der Waals surface area contributed by atoms with Gasteiger partial charge in [-0.2, -0.15) is 0 Å². The standard InChI is InChI=1S/C31H43N3O7/c1-31(2,3)28-27-23(29(36)34(28)24(30(37)38)13-14-26(32)35)7-6-8-25(27)41-20-22-11-9-21(10-12-22)19-33(15-17-39-4)16-18-40-5/h6-12,24,28H,13-20H2,1-5H3,(H2,32,35)(H,37,38). The number of hydrogen-bond acceptors (Lipinski definition) is 7. The molecule has 3 N–H and O–H groups in total. The van der Waals surface area contributed by atoms with Gasteiger partial charge in [0.1, 0.15) is 18.4 Å². The van der Waals surface area contributed by atoms with Gasteiger partial charge in [-0.25, -0.2) is 4.79 Å². The first-order valence-electron chi connectivity index (χ1n) is 13.9. The van der Waals surface area contributed by atoms with Gasteiger partial charge in [0, 0.05) is 51.4 Å². The maximum absolute atomic E-state index is 13.6. The molecule has 2 aromatic rings. The fourth-order valence-electron chi connectivity index (χ4n) is 5.24. The fraction of sp³-hybridized carbons (Fsp3) is 0.516. The molecular formula is C31H43N3O7. The van der Waals surface area contributed by atoms with E-state index < -0.39 is 35.3 Å². The molecule has 1 aliphatic heterocycles. The van der Waals surface area contributed by atoms with Gasteiger partial charge in [-0.15, -0.1) is 0 Å². The smallest absolute Gasteiger partial charge is 0.326 e. The van der Waals surface area contributed by atoms with Crippen molar-refractivity contribution >= 4 is 17.8 Å². The van der Waals surface area contributed by atoms with Crippen LogP contribution in [0.15, 0.2) is 42.5 Å². The van der Waals surface area contributed by atoms with Crippen LogP contribution in [0.25, 0.3) is 0 Å². The Labute approximate surface area is 242 Å². The average molecular weight is 570 g/mol. The monoisotopic (exact) mass is 569 g/mol. The van der Waals surface area contributed by atoms with Crippen molar-refractivity contribution in [3.8, 4) is 5.75 Å². The molecular weight excluding hydrogens is 526 g/mol. The summed E-state index contributed by atoms with van der Waals surface area (Å²) in [7, 11) is 3.38. The highest BCUT2D eigenvalue weighted by Gasteiger charge is 2.49. The molecule has 2 unspecified atom stereocenters. The minimum absolute atomic E-state index is 0.0616. The van der Waals surface area contributed by atoms with Gasteiger partial charge in [0.15, 0.2) is 0 Å². The summed E-state index contributed by atoms with van der Waals surface area (Å²) in [6.45, 7) is 9.82. The second-order valence-electron chi connectivity index (χ2n) is 11.4. The zero-order valence-electron chi connectivity index (χ0n) is 24.7. The van der Waals surface area contributed by atoms with E-state index in [-0.39, 0.29) is 19.4 Å². The van der Waals surface area contributed by atoms with E-state index in [0.717, 1.165) is 30.8 Å². The van der Waals surface area contributed by atoms with Crippen molar-refractivity contribution in [2.75, 3.05) is 40.5 Å². The molecule has 41 heavy (non-hydrogen) atoms. The molecule has 0 bridgehead atoms. The summed E-state index contributed by atoms with van der Waals surface area (Å²) < 4.78 is 16.7. The number of ether oxygens (including phenoxy) is 3. The van der Waals surface area contributed by atoms with Crippen LogP contribution in [0.5, 0.6) is 5.75 Å². The van der Waals surface area contributed by atoms with Crippen LogP contribution in [0, 0.1) is 5.41 Å². The van der Waals surface area contributed by atoms with Crippen molar-refractivity contribution in [3.05, 3.63) is 64.7 Å². The Balaban J connectivity index is 1.81. The highest BCUT2D eigenvalue weighted by molar-refractivity contribution is 6.02. The Kier molecular flexibility index (Phi) is 11.3. The molecule has 0 spiro atoms. The lowest BCUT2D eigenvalue weighted by atomic mass is 9.81. The lowest BCUT2D eigenvalue weighted by Crippen LogP contribution is -2.47. The predicted molar refractivity (Wildman–Crippen MR) is 154 cm³/mol. The molecule has 0 fully saturated rings. The molecule has 0 aliphatic carbocycles. The van der Waals surface area contributed by atoms with Gasteiger partial charge in [0.2, 0.25) is 5.91 Å². The van der Waals surface area contributed by atoms with Crippen LogP contribution < -0.4 is 10.5 Å². The van der Waals surface area contributed by atoms with E-state index in [1.165, 1.54) is 4.90 Å². The van der Waals surface area contributed by atoms with Gasteiger partial charge < -0.3 is 30.0 Å². The van der Waals surface area contributed by atoms with E-state index in [9.17, 15) is 19.5 Å². The van der Waals surface area contributed by atoms with Gasteiger partial charge in [-0.1, -0.05) is 51.1 Å². The van der Waals surface area contributed by atoms with Crippen molar-refractivity contribution in [1.82, 2.24) is 9.80 Å². The van der Waals surface area contributed by atoms with Gasteiger partial charge in [-0.05, 0) is 35.1 Å². The number of primary amides is 1. The summed E-state index contributed by atoms with van der Waals surface area (Å²) >= 11 is 0. The Morgan fingerprint density at radius 2 is 1.63 bits per heavy atom. The molecule has 0 radical (unpaired) electrons. The highest BCUT2D eigenvalue weighted by atomic mass is 16.5. The third-order valence-corrected chi connectivity index (χ3v) is 7.23. The number of nitrogens with zero attached hydrogens (tertiary/aromatic N) is 2. The van der Waals surface area contributed by atoms with Crippen LogP contribution >= 0.6 is 0 Å². The lowest BCUT2D eigenvalue weighted by molar-refractivity contribution is -0.144. The molecule has 3 rings (SSSR count). The molecule has 0 saturated heterocycles. The fourth-order valence-corrected chi connectivity index (χ4v) is 5.24. The number of rotatable bonds is 16. The number of nitrogens with two attached hydrogens (primary N) is 1. The second-order valence-corrected chi connectivity index (χ2v) is 11.4. The van der Waals surface area contributed by atoms with Crippen LogP contribution in [0.1, 0.15) is 66.7 Å². The van der Waals surface area contributed by atoms with Crippen LogP contribution in [0.2, 0.25) is 0 Å². The maximum atomic E-state index is 13.6. The summed E-state index contributed by atoms with van der Waals surface area (Å²) in [6, 6.07) is 11.7. The molecule has 224 valence electrons. The van der Waals surface area contributed by atoms with Crippen molar-refractivity contribution < 1.29 is 33.7 Å². The first-order valence-corrected chi connectivity index (χ1v) is 13.9. The molecule has 2 amide bonds. The lowest BCUT2D eigenvalue weighted by Gasteiger charge is -2.39. The minimum Gasteiger partial charge on any atom is -0.489 e. The number of methoxy groups -OCH3 is 2. The molecule has 1 heterocycles. The third-order valence-electron chi connectivity index (χ3n) is 7.23. The first kappa shape index (κ1) is 32.0. The molecule has 10 heteroatoms. The average Bonchev–Trinajstić information content (AvgIpc) is 3.22. The molecule has 0 aromatic heterocycles. The van der Waals surface area contributed by atoms with E-state index in [4.69, 9.17) is 19.9 Å². The van der Waals surface area contributed by atoms with Crippen LogP contribution in [-0.2, 0) is 32.2 Å². The number of carbonyl (C=O) groups excluding carboxylic acids is 2. The number of fused-ring (bicyclic) bond motifs is 1.